The second-order valence-electron chi connectivity index (χ2n) is 6.38. The van der Waals surface area contributed by atoms with E-state index in [4.69, 9.17) is 0 Å². The molecule has 0 amide bonds. The van der Waals surface area contributed by atoms with E-state index >= 15 is 0 Å². The van der Waals surface area contributed by atoms with Crippen LogP contribution in [0.4, 0.5) is 0 Å². The van der Waals surface area contributed by atoms with Crippen molar-refractivity contribution in [3.05, 3.63) is 41.5 Å². The van der Waals surface area contributed by atoms with Crippen LogP contribution in [-0.4, -0.2) is 50.1 Å². The van der Waals surface area contributed by atoms with Crippen molar-refractivity contribution < 1.29 is 0 Å². The highest BCUT2D eigenvalue weighted by atomic mass is 15.1. The predicted octanol–water partition coefficient (Wildman–Crippen LogP) is 3.36. The molecule has 2 nitrogen and oxygen atoms in total. The molecule has 1 fully saturated rings. The molecule has 0 spiro atoms. The number of nitrogens with zero attached hydrogens (tertiary/aromatic N) is 2. The van der Waals surface area contributed by atoms with Gasteiger partial charge in [0.1, 0.15) is 0 Å². The van der Waals surface area contributed by atoms with E-state index in [0.717, 1.165) is 12.5 Å². The fourth-order valence-corrected chi connectivity index (χ4v) is 3.08. The van der Waals surface area contributed by atoms with Crippen molar-refractivity contribution in [2.75, 3.05) is 40.3 Å². The average molecular weight is 272 g/mol. The van der Waals surface area contributed by atoms with Gasteiger partial charge >= 0.3 is 0 Å². The molecule has 1 aromatic carbocycles. The summed E-state index contributed by atoms with van der Waals surface area (Å²) in [6, 6.07) is 10.6. The minimum atomic E-state index is 0.889. The molecular formula is C18H28N2. The molecule has 0 N–H and O–H groups in total. The summed E-state index contributed by atoms with van der Waals surface area (Å²) in [5.74, 6) is 0.889. The van der Waals surface area contributed by atoms with Crippen molar-refractivity contribution in [1.82, 2.24) is 9.80 Å². The Balaban J connectivity index is 1.79. The molecule has 2 rings (SSSR count). The van der Waals surface area contributed by atoms with E-state index in [1.807, 2.05) is 0 Å². The van der Waals surface area contributed by atoms with Crippen LogP contribution in [0.2, 0.25) is 0 Å². The standard InChI is InChI=1S/C18H28N2/c1-16(13-17-7-5-4-6-8-17)14-20-11-9-18(10-12-20)15-19(2)3/h4-8,13,18H,9-12,14-15H2,1-3H3/b16-13+. The van der Waals surface area contributed by atoms with Crippen molar-refractivity contribution in [2.24, 2.45) is 5.92 Å². The maximum absolute atomic E-state index is 2.60. The van der Waals surface area contributed by atoms with Gasteiger partial charge in [-0.25, -0.2) is 0 Å². The molecule has 110 valence electrons. The van der Waals surface area contributed by atoms with Crippen molar-refractivity contribution in [2.45, 2.75) is 19.8 Å². The molecule has 1 aromatic rings. The molecule has 0 radical (unpaired) electrons. The van der Waals surface area contributed by atoms with Crippen molar-refractivity contribution in [3.63, 3.8) is 0 Å². The number of piperidine rings is 1. The van der Waals surface area contributed by atoms with E-state index in [1.54, 1.807) is 0 Å². The number of rotatable bonds is 5. The summed E-state index contributed by atoms with van der Waals surface area (Å²) < 4.78 is 0. The summed E-state index contributed by atoms with van der Waals surface area (Å²) in [6.45, 7) is 7.10. The van der Waals surface area contributed by atoms with Gasteiger partial charge < -0.3 is 4.90 Å². The highest BCUT2D eigenvalue weighted by Crippen LogP contribution is 2.19. The summed E-state index contributed by atoms with van der Waals surface area (Å²) in [7, 11) is 4.36. The predicted molar refractivity (Wildman–Crippen MR) is 87.8 cm³/mol. The van der Waals surface area contributed by atoms with Gasteiger partial charge in [0.05, 0.1) is 0 Å². The first-order valence-electron chi connectivity index (χ1n) is 7.73. The second kappa shape index (κ2) is 7.61. The molecule has 20 heavy (non-hydrogen) atoms. The third kappa shape index (κ3) is 5.10. The number of likely N-dealkylation sites (tertiary alicyclic amines) is 1. The molecule has 0 saturated carbocycles. The fraction of sp³-hybridized carbons (Fsp3) is 0.556. The highest BCUT2D eigenvalue weighted by molar-refractivity contribution is 5.52. The lowest BCUT2D eigenvalue weighted by molar-refractivity contribution is 0.172. The first-order valence-corrected chi connectivity index (χ1v) is 7.73. The lowest BCUT2D eigenvalue weighted by Gasteiger charge is -2.33. The van der Waals surface area contributed by atoms with E-state index < -0.39 is 0 Å². The zero-order valence-electron chi connectivity index (χ0n) is 13.2. The van der Waals surface area contributed by atoms with Crippen molar-refractivity contribution in [1.29, 1.82) is 0 Å². The fourth-order valence-electron chi connectivity index (χ4n) is 3.08. The Morgan fingerprint density at radius 2 is 1.85 bits per heavy atom. The van der Waals surface area contributed by atoms with Gasteiger partial charge in [-0.1, -0.05) is 42.0 Å². The van der Waals surface area contributed by atoms with Crippen LogP contribution in [0.3, 0.4) is 0 Å². The number of hydrogen-bond donors (Lipinski definition) is 0. The summed E-state index contributed by atoms with van der Waals surface area (Å²) in [4.78, 5) is 4.92. The van der Waals surface area contributed by atoms with E-state index in [-0.39, 0.29) is 0 Å². The summed E-state index contributed by atoms with van der Waals surface area (Å²) >= 11 is 0. The third-order valence-corrected chi connectivity index (χ3v) is 4.02. The van der Waals surface area contributed by atoms with Crippen molar-refractivity contribution in [3.8, 4) is 0 Å². The maximum atomic E-state index is 2.60. The van der Waals surface area contributed by atoms with E-state index in [2.05, 4.69) is 67.2 Å². The second-order valence-corrected chi connectivity index (χ2v) is 6.38. The summed E-state index contributed by atoms with van der Waals surface area (Å²) in [6.07, 6.45) is 5.00. The summed E-state index contributed by atoms with van der Waals surface area (Å²) in [5, 5.41) is 0. The zero-order valence-corrected chi connectivity index (χ0v) is 13.2. The van der Waals surface area contributed by atoms with Gasteiger partial charge in [0.25, 0.3) is 0 Å². The molecule has 0 bridgehead atoms. The zero-order chi connectivity index (χ0) is 14.4. The third-order valence-electron chi connectivity index (χ3n) is 4.02. The van der Waals surface area contributed by atoms with Gasteiger partial charge in [0.2, 0.25) is 0 Å². The SMILES string of the molecule is C/C(=C\c1ccccc1)CN1CCC(CN(C)C)CC1. The molecule has 0 atom stereocenters. The van der Waals surface area contributed by atoms with Crippen molar-refractivity contribution >= 4 is 6.08 Å². The maximum Gasteiger partial charge on any atom is 0.0193 e. The van der Waals surface area contributed by atoms with Gasteiger partial charge in [-0.3, -0.25) is 4.90 Å². The van der Waals surface area contributed by atoms with Crippen LogP contribution >= 0.6 is 0 Å². The van der Waals surface area contributed by atoms with E-state index in [0.29, 0.717) is 0 Å². The molecule has 1 aliphatic heterocycles. The van der Waals surface area contributed by atoms with Crippen LogP contribution in [0.1, 0.15) is 25.3 Å². The van der Waals surface area contributed by atoms with Gasteiger partial charge in [0.15, 0.2) is 0 Å². The molecule has 1 aliphatic rings. The molecule has 0 unspecified atom stereocenters. The van der Waals surface area contributed by atoms with Gasteiger partial charge in [0, 0.05) is 13.1 Å². The minimum Gasteiger partial charge on any atom is -0.309 e. The first kappa shape index (κ1) is 15.3. The Hall–Kier alpha value is -1.12. The smallest absolute Gasteiger partial charge is 0.0193 e. The molecule has 2 heteroatoms. The van der Waals surface area contributed by atoms with Crippen LogP contribution < -0.4 is 0 Å². The minimum absolute atomic E-state index is 0.889. The van der Waals surface area contributed by atoms with Gasteiger partial charge in [-0.05, 0) is 58.4 Å². The lowest BCUT2D eigenvalue weighted by atomic mass is 9.96. The molecule has 0 aliphatic carbocycles. The monoisotopic (exact) mass is 272 g/mol. The van der Waals surface area contributed by atoms with Crippen LogP contribution in [0.15, 0.2) is 35.9 Å². The van der Waals surface area contributed by atoms with E-state index in [9.17, 15) is 0 Å². The van der Waals surface area contributed by atoms with Crippen LogP contribution in [0.5, 0.6) is 0 Å². The Morgan fingerprint density at radius 1 is 1.20 bits per heavy atom. The average Bonchev–Trinajstić information content (AvgIpc) is 2.41. The number of hydrogen-bond acceptors (Lipinski definition) is 2. The summed E-state index contributed by atoms with van der Waals surface area (Å²) in [5.41, 5.74) is 2.77. The van der Waals surface area contributed by atoms with E-state index in [1.165, 1.54) is 43.6 Å². The Labute approximate surface area is 124 Å². The van der Waals surface area contributed by atoms with Gasteiger partial charge in [-0.2, -0.15) is 0 Å². The van der Waals surface area contributed by atoms with Gasteiger partial charge in [-0.15, -0.1) is 0 Å². The normalized spacial score (nSPS) is 18.7. The van der Waals surface area contributed by atoms with Crippen LogP contribution in [-0.2, 0) is 0 Å². The molecular weight excluding hydrogens is 244 g/mol. The Bertz CT molecular complexity index is 414. The first-order chi connectivity index (χ1) is 9.63. The molecule has 1 heterocycles. The molecule has 0 aromatic heterocycles. The highest BCUT2D eigenvalue weighted by Gasteiger charge is 2.19. The van der Waals surface area contributed by atoms with Crippen LogP contribution in [0, 0.1) is 5.92 Å². The Kier molecular flexibility index (Phi) is 5.81. The Morgan fingerprint density at radius 3 is 2.45 bits per heavy atom. The molecule has 1 saturated heterocycles. The number of benzene rings is 1. The quantitative estimate of drug-likeness (QED) is 0.811. The largest absolute Gasteiger partial charge is 0.309 e. The lowest BCUT2D eigenvalue weighted by Crippen LogP contribution is -2.37. The van der Waals surface area contributed by atoms with Crippen LogP contribution in [0.25, 0.3) is 6.08 Å². The topological polar surface area (TPSA) is 6.48 Å².